The van der Waals surface area contributed by atoms with Crippen LogP contribution >= 0.6 is 11.6 Å². The third-order valence-electron chi connectivity index (χ3n) is 5.08. The number of halogens is 1. The minimum Gasteiger partial charge on any atom is -0.369 e. The van der Waals surface area contributed by atoms with Gasteiger partial charge in [-0.25, -0.2) is 13.1 Å². The van der Waals surface area contributed by atoms with Crippen molar-refractivity contribution in [2.75, 3.05) is 37.6 Å². The highest BCUT2D eigenvalue weighted by Crippen LogP contribution is 2.18. The van der Waals surface area contributed by atoms with Crippen molar-refractivity contribution < 1.29 is 8.42 Å². The van der Waals surface area contributed by atoms with Crippen LogP contribution in [0.3, 0.4) is 0 Å². The quantitative estimate of drug-likeness (QED) is 0.743. The fourth-order valence-electron chi connectivity index (χ4n) is 3.46. The lowest BCUT2D eigenvalue weighted by molar-refractivity contribution is 0.248. The minimum atomic E-state index is -3.55. The predicted molar refractivity (Wildman–Crippen MR) is 116 cm³/mol. The van der Waals surface area contributed by atoms with E-state index in [9.17, 15) is 8.42 Å². The molecule has 1 saturated heterocycles. The maximum absolute atomic E-state index is 12.5. The molecule has 1 unspecified atom stereocenters. The molecule has 0 amide bonds. The first kappa shape index (κ1) is 21.1. The zero-order valence-corrected chi connectivity index (χ0v) is 18.0. The van der Waals surface area contributed by atoms with Crippen LogP contribution < -0.4 is 9.62 Å². The molecule has 28 heavy (non-hydrogen) atoms. The standard InChI is InChI=1S/C21H28ClN3O2S/c1-17-5-3-7-20(15-17)25-13-11-24(12-14-25)10-9-18(2)23-28(26,27)21-8-4-6-19(22)16-21/h3-8,15-16,18,23H,9-14H2,1-2H3. The van der Waals surface area contributed by atoms with E-state index in [-0.39, 0.29) is 10.9 Å². The summed E-state index contributed by atoms with van der Waals surface area (Å²) in [4.78, 5) is 5.02. The Morgan fingerprint density at radius 3 is 2.46 bits per heavy atom. The summed E-state index contributed by atoms with van der Waals surface area (Å²) in [6.07, 6.45) is 0.768. The molecule has 1 heterocycles. The van der Waals surface area contributed by atoms with E-state index in [0.29, 0.717) is 5.02 Å². The Bertz CT molecular complexity index is 896. The summed E-state index contributed by atoms with van der Waals surface area (Å²) in [5.74, 6) is 0. The minimum absolute atomic E-state index is 0.140. The van der Waals surface area contributed by atoms with Crippen molar-refractivity contribution in [2.24, 2.45) is 0 Å². The van der Waals surface area contributed by atoms with Crippen LogP contribution in [0.15, 0.2) is 53.4 Å². The number of hydrogen-bond acceptors (Lipinski definition) is 4. The van der Waals surface area contributed by atoms with Gasteiger partial charge < -0.3 is 4.90 Å². The fraction of sp³-hybridized carbons (Fsp3) is 0.429. The molecule has 0 spiro atoms. The van der Waals surface area contributed by atoms with Crippen molar-refractivity contribution in [3.05, 3.63) is 59.1 Å². The van der Waals surface area contributed by atoms with Gasteiger partial charge in [0.1, 0.15) is 0 Å². The van der Waals surface area contributed by atoms with Crippen LogP contribution in [0.5, 0.6) is 0 Å². The Balaban J connectivity index is 1.46. The van der Waals surface area contributed by atoms with Crippen molar-refractivity contribution in [2.45, 2.75) is 31.2 Å². The maximum atomic E-state index is 12.5. The average Bonchev–Trinajstić information content (AvgIpc) is 2.66. The van der Waals surface area contributed by atoms with Gasteiger partial charge in [0, 0.05) is 42.9 Å². The molecule has 5 nitrogen and oxygen atoms in total. The largest absolute Gasteiger partial charge is 0.369 e. The van der Waals surface area contributed by atoms with Crippen LogP contribution in [0.4, 0.5) is 5.69 Å². The first-order chi connectivity index (χ1) is 13.3. The molecule has 0 radical (unpaired) electrons. The van der Waals surface area contributed by atoms with Crippen LogP contribution in [0, 0.1) is 6.92 Å². The normalized spacial score (nSPS) is 16.9. The Labute approximate surface area is 173 Å². The number of nitrogens with zero attached hydrogens (tertiary/aromatic N) is 2. The topological polar surface area (TPSA) is 52.6 Å². The van der Waals surface area contributed by atoms with Crippen LogP contribution in [0.25, 0.3) is 0 Å². The van der Waals surface area contributed by atoms with Gasteiger partial charge >= 0.3 is 0 Å². The molecule has 0 aromatic heterocycles. The summed E-state index contributed by atoms with van der Waals surface area (Å²) in [5.41, 5.74) is 2.56. The van der Waals surface area contributed by atoms with Gasteiger partial charge in [0.15, 0.2) is 0 Å². The molecule has 1 aliphatic heterocycles. The first-order valence-corrected chi connectivity index (χ1v) is 11.5. The Morgan fingerprint density at radius 1 is 1.07 bits per heavy atom. The van der Waals surface area contributed by atoms with Crippen molar-refractivity contribution >= 4 is 27.3 Å². The van der Waals surface area contributed by atoms with E-state index in [1.807, 2.05) is 6.92 Å². The van der Waals surface area contributed by atoms with Gasteiger partial charge in [-0.05, 0) is 62.7 Å². The fourth-order valence-corrected chi connectivity index (χ4v) is 5.04. The summed E-state index contributed by atoms with van der Waals surface area (Å²) in [6, 6.07) is 14.8. The summed E-state index contributed by atoms with van der Waals surface area (Å²) < 4.78 is 27.7. The molecule has 3 rings (SSSR count). The van der Waals surface area contributed by atoms with E-state index in [1.165, 1.54) is 17.3 Å². The van der Waals surface area contributed by atoms with Crippen LogP contribution in [0.2, 0.25) is 5.02 Å². The molecule has 0 saturated carbocycles. The SMILES string of the molecule is Cc1cccc(N2CCN(CCC(C)NS(=O)(=O)c3cccc(Cl)c3)CC2)c1. The molecule has 1 atom stereocenters. The van der Waals surface area contributed by atoms with E-state index >= 15 is 0 Å². The zero-order valence-electron chi connectivity index (χ0n) is 16.4. The Hall–Kier alpha value is -1.60. The molecule has 0 aliphatic carbocycles. The third-order valence-corrected chi connectivity index (χ3v) is 6.90. The zero-order chi connectivity index (χ0) is 20.1. The number of sulfonamides is 1. The highest BCUT2D eigenvalue weighted by molar-refractivity contribution is 7.89. The number of hydrogen-bond donors (Lipinski definition) is 1. The number of piperazine rings is 1. The lowest BCUT2D eigenvalue weighted by Crippen LogP contribution is -2.47. The molecule has 1 fully saturated rings. The van der Waals surface area contributed by atoms with Gasteiger partial charge in [-0.1, -0.05) is 29.8 Å². The van der Waals surface area contributed by atoms with Gasteiger partial charge in [0.25, 0.3) is 0 Å². The van der Waals surface area contributed by atoms with Crippen molar-refractivity contribution in [1.29, 1.82) is 0 Å². The first-order valence-electron chi connectivity index (χ1n) is 9.65. The molecule has 2 aromatic carbocycles. The summed E-state index contributed by atoms with van der Waals surface area (Å²) in [5, 5.41) is 0.419. The van der Waals surface area contributed by atoms with Crippen LogP contribution in [-0.4, -0.2) is 52.1 Å². The van der Waals surface area contributed by atoms with Gasteiger partial charge in [-0.15, -0.1) is 0 Å². The second-order valence-corrected chi connectivity index (χ2v) is 9.59. The lowest BCUT2D eigenvalue weighted by Gasteiger charge is -2.36. The van der Waals surface area contributed by atoms with Crippen LogP contribution in [0.1, 0.15) is 18.9 Å². The van der Waals surface area contributed by atoms with E-state index < -0.39 is 10.0 Å². The smallest absolute Gasteiger partial charge is 0.240 e. The Morgan fingerprint density at radius 2 is 1.79 bits per heavy atom. The highest BCUT2D eigenvalue weighted by atomic mass is 35.5. The summed E-state index contributed by atoms with van der Waals surface area (Å²) in [7, 11) is -3.55. The number of benzene rings is 2. The number of aryl methyl sites for hydroxylation is 1. The van der Waals surface area contributed by atoms with Gasteiger partial charge in [0.2, 0.25) is 10.0 Å². The van der Waals surface area contributed by atoms with Gasteiger partial charge in [-0.2, -0.15) is 0 Å². The summed E-state index contributed by atoms with van der Waals surface area (Å²) >= 11 is 5.91. The number of anilines is 1. The Kier molecular flexibility index (Phi) is 6.99. The van der Waals surface area contributed by atoms with E-state index in [0.717, 1.165) is 39.1 Å². The van der Waals surface area contributed by atoms with Crippen molar-refractivity contribution in [3.8, 4) is 0 Å². The molecular weight excluding hydrogens is 394 g/mol. The number of nitrogens with one attached hydrogen (secondary N) is 1. The molecule has 2 aromatic rings. The highest BCUT2D eigenvalue weighted by Gasteiger charge is 2.20. The summed E-state index contributed by atoms with van der Waals surface area (Å²) in [6.45, 7) is 8.86. The lowest BCUT2D eigenvalue weighted by atomic mass is 10.2. The van der Waals surface area contributed by atoms with Crippen molar-refractivity contribution in [3.63, 3.8) is 0 Å². The molecule has 1 aliphatic rings. The molecule has 1 N–H and O–H groups in total. The van der Waals surface area contributed by atoms with Gasteiger partial charge in [-0.3, -0.25) is 4.90 Å². The van der Waals surface area contributed by atoms with Crippen LogP contribution in [-0.2, 0) is 10.0 Å². The van der Waals surface area contributed by atoms with Gasteiger partial charge in [0.05, 0.1) is 4.90 Å². The second kappa shape index (κ2) is 9.27. The second-order valence-electron chi connectivity index (χ2n) is 7.44. The molecule has 0 bridgehead atoms. The average molecular weight is 422 g/mol. The maximum Gasteiger partial charge on any atom is 0.240 e. The van der Waals surface area contributed by atoms with E-state index in [4.69, 9.17) is 11.6 Å². The monoisotopic (exact) mass is 421 g/mol. The molecule has 7 heteroatoms. The molecule has 152 valence electrons. The third kappa shape index (κ3) is 5.70. The van der Waals surface area contributed by atoms with Crippen molar-refractivity contribution in [1.82, 2.24) is 9.62 Å². The predicted octanol–water partition coefficient (Wildman–Crippen LogP) is 3.53. The van der Waals surface area contributed by atoms with E-state index in [1.54, 1.807) is 18.2 Å². The van der Waals surface area contributed by atoms with E-state index in [2.05, 4.69) is 45.7 Å². The molecular formula is C21H28ClN3O2S. The number of rotatable bonds is 7.